The van der Waals surface area contributed by atoms with Crippen molar-refractivity contribution in [3.63, 3.8) is 0 Å². The minimum absolute atomic E-state index is 0. The van der Waals surface area contributed by atoms with Gasteiger partial charge in [0.15, 0.2) is 5.96 Å². The van der Waals surface area contributed by atoms with E-state index in [-0.39, 0.29) is 24.0 Å². The van der Waals surface area contributed by atoms with Gasteiger partial charge in [-0.2, -0.15) is 0 Å². The maximum absolute atomic E-state index is 4.34. The second-order valence-corrected chi connectivity index (χ2v) is 7.56. The van der Waals surface area contributed by atoms with Crippen molar-refractivity contribution in [3.05, 3.63) is 65.0 Å². The Labute approximate surface area is 192 Å². The van der Waals surface area contributed by atoms with Crippen molar-refractivity contribution in [3.8, 4) is 0 Å². The highest BCUT2D eigenvalue weighted by Crippen LogP contribution is 2.13. The van der Waals surface area contributed by atoms with Gasteiger partial charge in [-0.15, -0.1) is 24.0 Å². The van der Waals surface area contributed by atoms with Crippen molar-refractivity contribution in [1.29, 1.82) is 0 Å². The number of pyridine rings is 1. The Morgan fingerprint density at radius 2 is 1.66 bits per heavy atom. The largest absolute Gasteiger partial charge is 0.356 e. The minimum atomic E-state index is 0. The summed E-state index contributed by atoms with van der Waals surface area (Å²) in [7, 11) is 1.81. The molecule has 0 atom stereocenters. The first-order valence-electron chi connectivity index (χ1n) is 10.4. The van der Waals surface area contributed by atoms with Gasteiger partial charge in [0.1, 0.15) is 0 Å². The van der Waals surface area contributed by atoms with Crippen molar-refractivity contribution in [2.24, 2.45) is 4.99 Å². The highest BCUT2D eigenvalue weighted by molar-refractivity contribution is 14.0. The van der Waals surface area contributed by atoms with E-state index in [2.05, 4.69) is 61.9 Å². The fourth-order valence-electron chi connectivity index (χ4n) is 3.52. The summed E-state index contributed by atoms with van der Waals surface area (Å²) in [5, 5.41) is 6.77. The summed E-state index contributed by atoms with van der Waals surface area (Å²) < 4.78 is 0. The van der Waals surface area contributed by atoms with E-state index in [0.29, 0.717) is 0 Å². The van der Waals surface area contributed by atoms with Crippen LogP contribution >= 0.6 is 24.0 Å². The SMILES string of the molecule is CN=C(NCCc1ccc(C)nc1)NCc1ccc(CN2CCCCC2)cc1.I. The van der Waals surface area contributed by atoms with Crippen molar-refractivity contribution in [2.75, 3.05) is 26.7 Å². The van der Waals surface area contributed by atoms with Crippen molar-refractivity contribution < 1.29 is 0 Å². The smallest absolute Gasteiger partial charge is 0.191 e. The average molecular weight is 507 g/mol. The Bertz CT molecular complexity index is 737. The predicted octanol–water partition coefficient (Wildman–Crippen LogP) is 3.90. The molecule has 0 amide bonds. The van der Waals surface area contributed by atoms with Crippen LogP contribution in [-0.4, -0.2) is 42.5 Å². The quantitative estimate of drug-likeness (QED) is 0.339. The topological polar surface area (TPSA) is 52.6 Å². The zero-order valence-electron chi connectivity index (χ0n) is 17.7. The van der Waals surface area contributed by atoms with Crippen molar-refractivity contribution in [2.45, 2.75) is 45.7 Å². The zero-order valence-corrected chi connectivity index (χ0v) is 20.0. The third kappa shape index (κ3) is 8.30. The van der Waals surface area contributed by atoms with Crippen LogP contribution in [0, 0.1) is 6.92 Å². The average Bonchev–Trinajstić information content (AvgIpc) is 2.74. The second-order valence-electron chi connectivity index (χ2n) is 7.56. The molecule has 1 aromatic carbocycles. The van der Waals surface area contributed by atoms with Gasteiger partial charge in [-0.25, -0.2) is 0 Å². The summed E-state index contributed by atoms with van der Waals surface area (Å²) in [4.78, 5) is 11.2. The summed E-state index contributed by atoms with van der Waals surface area (Å²) in [6.07, 6.45) is 6.94. The second kappa shape index (κ2) is 12.8. The first-order valence-corrected chi connectivity index (χ1v) is 10.4. The first-order chi connectivity index (χ1) is 13.7. The number of rotatable bonds is 7. The summed E-state index contributed by atoms with van der Waals surface area (Å²) in [6, 6.07) is 13.1. The molecule has 1 aromatic heterocycles. The lowest BCUT2D eigenvalue weighted by atomic mass is 10.1. The fraction of sp³-hybridized carbons (Fsp3) is 0.478. The highest BCUT2D eigenvalue weighted by Gasteiger charge is 2.10. The fourth-order valence-corrected chi connectivity index (χ4v) is 3.52. The van der Waals surface area contributed by atoms with Crippen LogP contribution in [0.2, 0.25) is 0 Å². The molecule has 158 valence electrons. The Balaban J connectivity index is 0.00000300. The molecule has 1 aliphatic rings. The number of hydrogen-bond acceptors (Lipinski definition) is 3. The van der Waals surface area contributed by atoms with Crippen LogP contribution in [0.3, 0.4) is 0 Å². The van der Waals surface area contributed by atoms with Gasteiger partial charge in [0, 0.05) is 38.6 Å². The number of aliphatic imine (C=N–C) groups is 1. The molecule has 5 nitrogen and oxygen atoms in total. The number of piperidine rings is 1. The molecule has 6 heteroatoms. The Morgan fingerprint density at radius 3 is 2.31 bits per heavy atom. The van der Waals surface area contributed by atoms with Gasteiger partial charge in [-0.05, 0) is 62.0 Å². The summed E-state index contributed by atoms with van der Waals surface area (Å²) in [5.41, 5.74) is 4.96. The molecule has 1 aliphatic heterocycles. The normalized spacial score (nSPS) is 14.9. The lowest BCUT2D eigenvalue weighted by Gasteiger charge is -2.26. The molecule has 2 aromatic rings. The lowest BCUT2D eigenvalue weighted by molar-refractivity contribution is 0.221. The van der Waals surface area contributed by atoms with Crippen molar-refractivity contribution >= 4 is 29.9 Å². The molecule has 1 fully saturated rings. The van der Waals surface area contributed by atoms with E-state index < -0.39 is 0 Å². The molecule has 0 bridgehead atoms. The number of nitrogens with one attached hydrogen (secondary N) is 2. The minimum Gasteiger partial charge on any atom is -0.356 e. The third-order valence-corrected chi connectivity index (χ3v) is 5.24. The molecular formula is C23H34IN5. The van der Waals surface area contributed by atoms with E-state index in [0.717, 1.165) is 37.7 Å². The van der Waals surface area contributed by atoms with Crippen LogP contribution in [0.4, 0.5) is 0 Å². The summed E-state index contributed by atoms with van der Waals surface area (Å²) in [6.45, 7) is 7.17. The third-order valence-electron chi connectivity index (χ3n) is 5.24. The standard InChI is InChI=1S/C23H33N5.HI/c1-19-6-7-21(16-26-19)12-13-25-23(24-2)27-17-20-8-10-22(11-9-20)18-28-14-4-3-5-15-28;/h6-11,16H,3-5,12-15,17-18H2,1-2H3,(H2,24,25,27);1H. The van der Waals surface area contributed by atoms with E-state index in [4.69, 9.17) is 0 Å². The first kappa shape index (κ1) is 23.6. The van der Waals surface area contributed by atoms with Gasteiger partial charge in [-0.1, -0.05) is 36.8 Å². The predicted molar refractivity (Wildman–Crippen MR) is 132 cm³/mol. The number of hydrogen-bond donors (Lipinski definition) is 2. The van der Waals surface area contributed by atoms with Crippen LogP contribution in [-0.2, 0) is 19.5 Å². The van der Waals surface area contributed by atoms with Gasteiger partial charge < -0.3 is 10.6 Å². The van der Waals surface area contributed by atoms with Crippen LogP contribution in [0.5, 0.6) is 0 Å². The number of nitrogens with zero attached hydrogens (tertiary/aromatic N) is 3. The molecule has 0 saturated carbocycles. The van der Waals surface area contributed by atoms with Crippen LogP contribution in [0.1, 0.15) is 41.6 Å². The van der Waals surface area contributed by atoms with Gasteiger partial charge in [0.25, 0.3) is 0 Å². The van der Waals surface area contributed by atoms with E-state index >= 15 is 0 Å². The monoisotopic (exact) mass is 507 g/mol. The maximum Gasteiger partial charge on any atom is 0.191 e. The summed E-state index contributed by atoms with van der Waals surface area (Å²) >= 11 is 0. The Morgan fingerprint density at radius 1 is 0.966 bits per heavy atom. The zero-order chi connectivity index (χ0) is 19.6. The maximum atomic E-state index is 4.34. The number of halogens is 1. The molecule has 2 heterocycles. The molecule has 1 saturated heterocycles. The molecule has 0 aliphatic carbocycles. The molecular weight excluding hydrogens is 473 g/mol. The van der Waals surface area contributed by atoms with E-state index in [9.17, 15) is 0 Å². The summed E-state index contributed by atoms with van der Waals surface area (Å²) in [5.74, 6) is 0.831. The van der Waals surface area contributed by atoms with E-state index in [1.807, 2.05) is 20.2 Å². The molecule has 29 heavy (non-hydrogen) atoms. The highest BCUT2D eigenvalue weighted by atomic mass is 127. The molecule has 0 radical (unpaired) electrons. The number of guanidine groups is 1. The number of likely N-dealkylation sites (tertiary alicyclic amines) is 1. The lowest BCUT2D eigenvalue weighted by Crippen LogP contribution is -2.37. The van der Waals surface area contributed by atoms with Crippen molar-refractivity contribution in [1.82, 2.24) is 20.5 Å². The van der Waals surface area contributed by atoms with Crippen LogP contribution in [0.15, 0.2) is 47.6 Å². The number of aromatic nitrogens is 1. The van der Waals surface area contributed by atoms with Gasteiger partial charge >= 0.3 is 0 Å². The van der Waals surface area contributed by atoms with Gasteiger partial charge in [0.2, 0.25) is 0 Å². The van der Waals surface area contributed by atoms with Gasteiger partial charge in [-0.3, -0.25) is 14.9 Å². The molecule has 2 N–H and O–H groups in total. The number of aryl methyl sites for hydroxylation is 1. The molecule has 0 unspecified atom stereocenters. The van der Waals surface area contributed by atoms with E-state index in [1.54, 1.807) is 0 Å². The Kier molecular flexibility index (Phi) is 10.4. The van der Waals surface area contributed by atoms with Gasteiger partial charge in [0.05, 0.1) is 0 Å². The van der Waals surface area contributed by atoms with Crippen LogP contribution < -0.4 is 10.6 Å². The van der Waals surface area contributed by atoms with Crippen LogP contribution in [0.25, 0.3) is 0 Å². The van der Waals surface area contributed by atoms with E-state index in [1.165, 1.54) is 49.0 Å². The molecule has 0 spiro atoms. The molecule has 3 rings (SSSR count). The number of benzene rings is 1. The Hall–Kier alpha value is -1.67.